The first-order chi connectivity index (χ1) is 17.4. The molecular formula is C24H40ClF3N6O2S. The van der Waals surface area contributed by atoms with Gasteiger partial charge in [-0.3, -0.25) is 19.8 Å². The van der Waals surface area contributed by atoms with Gasteiger partial charge in [-0.2, -0.15) is 13.2 Å². The van der Waals surface area contributed by atoms with Crippen LogP contribution in [0.2, 0.25) is 0 Å². The van der Waals surface area contributed by atoms with Crippen LogP contribution in [-0.2, 0) is 14.5 Å². The number of halogens is 4. The largest absolute Gasteiger partial charge is 0.409 e. The van der Waals surface area contributed by atoms with E-state index in [4.69, 9.17) is 16.4 Å². The van der Waals surface area contributed by atoms with E-state index < -0.39 is 39.7 Å². The predicted octanol–water partition coefficient (Wildman–Crippen LogP) is 2.93. The van der Waals surface area contributed by atoms with Crippen molar-refractivity contribution in [2.45, 2.75) is 99.8 Å². The van der Waals surface area contributed by atoms with E-state index in [0.29, 0.717) is 37.8 Å². The van der Waals surface area contributed by atoms with Crippen molar-refractivity contribution < 1.29 is 22.2 Å². The number of rotatable bonds is 4. The number of piperidine rings is 1. The molecule has 5 atom stereocenters. The zero-order valence-electron chi connectivity index (χ0n) is 21.4. The van der Waals surface area contributed by atoms with E-state index >= 15 is 0 Å². The van der Waals surface area contributed by atoms with E-state index in [1.807, 2.05) is 0 Å². The minimum Gasteiger partial charge on any atom is -0.333 e. The van der Waals surface area contributed by atoms with E-state index in [0.717, 1.165) is 37.3 Å². The average Bonchev–Trinajstić information content (AvgIpc) is 3.24. The monoisotopic (exact) mass is 568 g/mol. The maximum Gasteiger partial charge on any atom is 0.409 e. The fourth-order valence-electron chi connectivity index (χ4n) is 7.61. The predicted molar refractivity (Wildman–Crippen MR) is 136 cm³/mol. The van der Waals surface area contributed by atoms with Gasteiger partial charge in [0.15, 0.2) is 0 Å². The molecule has 0 bridgehead atoms. The van der Waals surface area contributed by atoms with Crippen LogP contribution in [0.5, 0.6) is 0 Å². The molecule has 1 amide bonds. The number of amides is 1. The number of alkyl halides is 4. The maximum absolute atomic E-state index is 14.3. The van der Waals surface area contributed by atoms with Gasteiger partial charge in [0, 0.05) is 65.3 Å². The van der Waals surface area contributed by atoms with Crippen LogP contribution in [0, 0.1) is 16.6 Å². The third kappa shape index (κ3) is 5.79. The third-order valence-electron chi connectivity index (χ3n) is 9.46. The molecule has 1 saturated carbocycles. The molecule has 0 aromatic carbocycles. The van der Waals surface area contributed by atoms with Crippen LogP contribution in [0.25, 0.3) is 0 Å². The van der Waals surface area contributed by atoms with Crippen LogP contribution >= 0.6 is 11.6 Å². The molecule has 4 aliphatic heterocycles. The van der Waals surface area contributed by atoms with Gasteiger partial charge in [-0.25, -0.2) is 14.6 Å². The van der Waals surface area contributed by atoms with Gasteiger partial charge in [0.1, 0.15) is 6.04 Å². The summed E-state index contributed by atoms with van der Waals surface area (Å²) in [5, 5.41) is 5.88. The van der Waals surface area contributed by atoms with Gasteiger partial charge in [-0.1, -0.05) is 0 Å². The highest BCUT2D eigenvalue weighted by Gasteiger charge is 2.52. The Kier molecular flexibility index (Phi) is 8.08. The van der Waals surface area contributed by atoms with Gasteiger partial charge < -0.3 is 4.90 Å². The summed E-state index contributed by atoms with van der Waals surface area (Å²) in [6.07, 6.45) is 1.46. The van der Waals surface area contributed by atoms with E-state index in [2.05, 4.69) is 20.7 Å². The van der Waals surface area contributed by atoms with Crippen molar-refractivity contribution in [3.8, 4) is 0 Å². The number of carbonyl (C=O) groups excluding carboxylic acids is 1. The molecule has 212 valence electrons. The zero-order chi connectivity index (χ0) is 26.5. The first-order valence-corrected chi connectivity index (χ1v) is 16.0. The lowest BCUT2D eigenvalue weighted by Crippen LogP contribution is -2.70. The number of hydrogen-bond acceptors (Lipinski definition) is 7. The van der Waals surface area contributed by atoms with Crippen molar-refractivity contribution in [1.29, 1.82) is 4.78 Å². The minimum absolute atomic E-state index is 0.0780. The topological polar surface area (TPSA) is 91.8 Å². The van der Waals surface area contributed by atoms with Crippen LogP contribution in [0.3, 0.4) is 0 Å². The molecule has 0 radical (unpaired) electrons. The van der Waals surface area contributed by atoms with Gasteiger partial charge in [0.2, 0.25) is 5.91 Å². The Morgan fingerprint density at radius 1 is 1.11 bits per heavy atom. The van der Waals surface area contributed by atoms with Crippen LogP contribution in [0.15, 0.2) is 0 Å². The quantitative estimate of drug-likeness (QED) is 0.357. The van der Waals surface area contributed by atoms with Crippen LogP contribution in [0.1, 0.15) is 57.8 Å². The van der Waals surface area contributed by atoms with Crippen molar-refractivity contribution in [3.05, 3.63) is 0 Å². The Morgan fingerprint density at radius 2 is 1.78 bits per heavy atom. The van der Waals surface area contributed by atoms with Crippen LogP contribution in [-0.4, -0.2) is 98.6 Å². The molecule has 0 aromatic rings. The molecule has 5 aliphatic rings. The van der Waals surface area contributed by atoms with Crippen molar-refractivity contribution >= 4 is 27.2 Å². The van der Waals surface area contributed by atoms with Crippen molar-refractivity contribution in [2.75, 3.05) is 31.6 Å². The van der Waals surface area contributed by atoms with Gasteiger partial charge in [-0.15, -0.1) is 11.6 Å². The van der Waals surface area contributed by atoms with Gasteiger partial charge in [-0.05, 0) is 63.8 Å². The maximum atomic E-state index is 14.3. The molecule has 5 fully saturated rings. The minimum atomic E-state index is -4.50. The third-order valence-corrected chi connectivity index (χ3v) is 11.5. The summed E-state index contributed by atoms with van der Waals surface area (Å²) in [5.74, 6) is -1.54. The van der Waals surface area contributed by atoms with E-state index in [9.17, 15) is 22.2 Å². The van der Waals surface area contributed by atoms with E-state index in [1.54, 1.807) is 0 Å². The Balaban J connectivity index is 1.22. The van der Waals surface area contributed by atoms with E-state index in [1.165, 1.54) is 7.05 Å². The lowest BCUT2D eigenvalue weighted by Gasteiger charge is -2.53. The number of fused-ring (bicyclic) bond motifs is 3. The highest BCUT2D eigenvalue weighted by Crippen LogP contribution is 2.41. The average molecular weight is 569 g/mol. The smallest absolute Gasteiger partial charge is 0.333 e. The van der Waals surface area contributed by atoms with Crippen LogP contribution in [0.4, 0.5) is 13.2 Å². The molecule has 37 heavy (non-hydrogen) atoms. The Labute approximate surface area is 222 Å². The second-order valence-electron chi connectivity index (χ2n) is 11.7. The van der Waals surface area contributed by atoms with Crippen molar-refractivity contribution in [2.24, 2.45) is 11.8 Å². The number of likely N-dealkylation sites (tertiary alicyclic amines) is 1. The normalized spacial score (nSPS) is 42.6. The Hall–Kier alpha value is -0.660. The molecule has 3 N–H and O–H groups in total. The number of carbonyl (C=O) groups is 1. The Bertz CT molecular complexity index is 933. The fraction of sp³-hybridized carbons (Fsp3) is 0.958. The number of hydrazine groups is 1. The molecule has 1 aliphatic carbocycles. The van der Waals surface area contributed by atoms with E-state index in [-0.39, 0.29) is 42.1 Å². The molecular weight excluding hydrogens is 529 g/mol. The lowest BCUT2D eigenvalue weighted by atomic mass is 9.78. The fourth-order valence-corrected chi connectivity index (χ4v) is 9.42. The SMILES string of the molecule is CN(C(=O)C1CCS(=N)(=O)CC1)[C@@H](C1CCC(N2CCCC3C2CNC2CC(Cl)NN23)CC1)C(F)(F)F. The second kappa shape index (κ2) is 10.7. The van der Waals surface area contributed by atoms with Gasteiger partial charge in [0.05, 0.1) is 11.7 Å². The number of hydrogen-bond donors (Lipinski definition) is 3. The highest BCUT2D eigenvalue weighted by molar-refractivity contribution is 7.92. The van der Waals surface area contributed by atoms with Gasteiger partial charge in [0.25, 0.3) is 0 Å². The summed E-state index contributed by atoms with van der Waals surface area (Å²) >= 11 is 6.35. The standard InChI is InChI=1S/C24H40ClF3N6O2S/c1-32(23(35)16-8-11-37(29,36)12-9-16)22(24(26,27)28)15-4-6-17(7-5-15)33-10-2-3-18-19(33)14-30-21-13-20(25)31-34(18)21/h15-22,29-31H,2-14H2,1H3/t15?,16?,17?,18?,19?,20?,21?,22-,37?/m0/s1. The summed E-state index contributed by atoms with van der Waals surface area (Å²) in [6.45, 7) is 1.83. The Morgan fingerprint density at radius 3 is 2.43 bits per heavy atom. The lowest BCUT2D eigenvalue weighted by molar-refractivity contribution is -0.203. The molecule has 0 aromatic heterocycles. The molecule has 5 rings (SSSR count). The first-order valence-electron chi connectivity index (χ1n) is 13.7. The highest BCUT2D eigenvalue weighted by atomic mass is 35.5. The summed E-state index contributed by atoms with van der Waals surface area (Å²) < 4.78 is 62.6. The van der Waals surface area contributed by atoms with Gasteiger partial charge >= 0.3 is 6.18 Å². The number of nitrogens with zero attached hydrogens (tertiary/aromatic N) is 3. The summed E-state index contributed by atoms with van der Waals surface area (Å²) in [5.41, 5.74) is 3.31. The molecule has 8 nitrogen and oxygen atoms in total. The molecule has 4 unspecified atom stereocenters. The first kappa shape index (κ1) is 27.9. The molecule has 13 heteroatoms. The summed E-state index contributed by atoms with van der Waals surface area (Å²) in [7, 11) is -1.41. The summed E-state index contributed by atoms with van der Waals surface area (Å²) in [4.78, 5) is 16.5. The zero-order valence-corrected chi connectivity index (χ0v) is 23.0. The van der Waals surface area contributed by atoms with Crippen LogP contribution < -0.4 is 10.7 Å². The molecule has 4 saturated heterocycles. The van der Waals surface area contributed by atoms with Crippen molar-refractivity contribution in [3.63, 3.8) is 0 Å². The van der Waals surface area contributed by atoms with Crippen molar-refractivity contribution in [1.82, 2.24) is 25.6 Å². The molecule has 0 spiro atoms. The number of nitrogens with one attached hydrogen (secondary N) is 3. The summed E-state index contributed by atoms with van der Waals surface area (Å²) in [6, 6.07) is -0.900. The molecule has 4 heterocycles. The second-order valence-corrected chi connectivity index (χ2v) is 14.6.